The Bertz CT molecular complexity index is 202. The molecule has 1 aliphatic carbocycles. The van der Waals surface area contributed by atoms with Crippen LogP contribution in [-0.4, -0.2) is 0 Å². The van der Waals surface area contributed by atoms with Crippen LogP contribution in [0.1, 0.15) is 73.6 Å². The van der Waals surface area contributed by atoms with Gasteiger partial charge in [0.05, 0.1) is 0 Å². The fraction of sp³-hybridized carbons (Fsp3) is 1.00. The molecular formula is C16H32. The third-order valence-electron chi connectivity index (χ3n) is 5.07. The second-order valence-corrected chi connectivity index (χ2v) is 7.39. The highest BCUT2D eigenvalue weighted by atomic mass is 14.4. The lowest BCUT2D eigenvalue weighted by Crippen LogP contribution is -2.31. The number of hydrogen-bond acceptors (Lipinski definition) is 0. The summed E-state index contributed by atoms with van der Waals surface area (Å²) in [7, 11) is 0. The Hall–Kier alpha value is 0. The second kappa shape index (κ2) is 5.56. The summed E-state index contributed by atoms with van der Waals surface area (Å²) in [4.78, 5) is 0. The summed E-state index contributed by atoms with van der Waals surface area (Å²) in [5.41, 5.74) is 0.568. The van der Waals surface area contributed by atoms with Crippen LogP contribution in [0.3, 0.4) is 0 Å². The molecular weight excluding hydrogens is 192 g/mol. The van der Waals surface area contributed by atoms with Crippen molar-refractivity contribution in [3.05, 3.63) is 0 Å². The quantitative estimate of drug-likeness (QED) is 0.589. The lowest BCUT2D eigenvalue weighted by Gasteiger charge is -2.42. The highest BCUT2D eigenvalue weighted by Gasteiger charge is 2.34. The first-order chi connectivity index (χ1) is 7.33. The van der Waals surface area contributed by atoms with Crippen molar-refractivity contribution in [2.75, 3.05) is 0 Å². The van der Waals surface area contributed by atoms with Gasteiger partial charge in [-0.25, -0.2) is 0 Å². The second-order valence-electron chi connectivity index (χ2n) is 7.39. The van der Waals surface area contributed by atoms with Gasteiger partial charge >= 0.3 is 0 Å². The molecule has 0 bridgehead atoms. The van der Waals surface area contributed by atoms with Crippen LogP contribution in [-0.2, 0) is 0 Å². The van der Waals surface area contributed by atoms with Gasteiger partial charge in [0.15, 0.2) is 0 Å². The van der Waals surface area contributed by atoms with E-state index in [0.717, 1.165) is 23.7 Å². The minimum Gasteiger partial charge on any atom is -0.0628 e. The maximum absolute atomic E-state index is 2.50. The summed E-state index contributed by atoms with van der Waals surface area (Å²) < 4.78 is 0. The molecule has 0 aromatic heterocycles. The van der Waals surface area contributed by atoms with E-state index in [0.29, 0.717) is 5.41 Å². The zero-order chi connectivity index (χ0) is 12.3. The van der Waals surface area contributed by atoms with Crippen LogP contribution in [0.4, 0.5) is 0 Å². The molecule has 0 aromatic rings. The first-order valence-electron chi connectivity index (χ1n) is 7.33. The zero-order valence-corrected chi connectivity index (χ0v) is 12.3. The fourth-order valence-electron chi connectivity index (χ4n) is 3.12. The molecule has 1 fully saturated rings. The van der Waals surface area contributed by atoms with Crippen LogP contribution in [0.5, 0.6) is 0 Å². The van der Waals surface area contributed by atoms with E-state index in [4.69, 9.17) is 0 Å². The van der Waals surface area contributed by atoms with Crippen molar-refractivity contribution >= 4 is 0 Å². The normalized spacial score (nSPS) is 32.1. The summed E-state index contributed by atoms with van der Waals surface area (Å²) in [5, 5.41) is 0. The molecule has 1 aliphatic rings. The van der Waals surface area contributed by atoms with E-state index in [2.05, 4.69) is 41.5 Å². The highest BCUT2D eigenvalue weighted by molar-refractivity contribution is 4.85. The molecule has 0 aromatic carbocycles. The fourth-order valence-corrected chi connectivity index (χ4v) is 3.12. The van der Waals surface area contributed by atoms with E-state index >= 15 is 0 Å². The van der Waals surface area contributed by atoms with Gasteiger partial charge in [0, 0.05) is 0 Å². The van der Waals surface area contributed by atoms with Crippen molar-refractivity contribution in [2.24, 2.45) is 29.1 Å². The van der Waals surface area contributed by atoms with Gasteiger partial charge in [-0.15, -0.1) is 0 Å². The van der Waals surface area contributed by atoms with E-state index in [1.54, 1.807) is 0 Å². The first kappa shape index (κ1) is 14.1. The first-order valence-corrected chi connectivity index (χ1v) is 7.33. The van der Waals surface area contributed by atoms with Gasteiger partial charge in [-0.05, 0) is 48.3 Å². The predicted molar refractivity (Wildman–Crippen MR) is 73.5 cm³/mol. The molecule has 3 unspecified atom stereocenters. The Morgan fingerprint density at radius 3 is 2.19 bits per heavy atom. The largest absolute Gasteiger partial charge is 0.0628 e. The molecule has 0 spiro atoms. The Kier molecular flexibility index (Phi) is 4.88. The molecule has 16 heavy (non-hydrogen) atoms. The van der Waals surface area contributed by atoms with Crippen molar-refractivity contribution < 1.29 is 0 Å². The third kappa shape index (κ3) is 3.79. The lowest BCUT2D eigenvalue weighted by molar-refractivity contribution is 0.0882. The van der Waals surface area contributed by atoms with Crippen molar-refractivity contribution in [1.82, 2.24) is 0 Å². The summed E-state index contributed by atoms with van der Waals surface area (Å²) >= 11 is 0. The highest BCUT2D eigenvalue weighted by Crippen LogP contribution is 2.45. The minimum absolute atomic E-state index is 0.568. The van der Waals surface area contributed by atoms with Gasteiger partial charge in [-0.1, -0.05) is 54.4 Å². The summed E-state index contributed by atoms with van der Waals surface area (Å²) in [6.45, 7) is 14.6. The van der Waals surface area contributed by atoms with E-state index in [1.807, 2.05) is 0 Å². The molecule has 0 saturated heterocycles. The Balaban J connectivity index is 2.48. The Morgan fingerprint density at radius 1 is 1.06 bits per heavy atom. The van der Waals surface area contributed by atoms with Crippen molar-refractivity contribution in [3.63, 3.8) is 0 Å². The molecule has 1 rings (SSSR count). The van der Waals surface area contributed by atoms with E-state index in [-0.39, 0.29) is 0 Å². The number of rotatable bonds is 4. The average Bonchev–Trinajstić information content (AvgIpc) is 2.19. The zero-order valence-electron chi connectivity index (χ0n) is 12.3. The minimum atomic E-state index is 0.568. The van der Waals surface area contributed by atoms with Gasteiger partial charge in [-0.2, -0.15) is 0 Å². The summed E-state index contributed by atoms with van der Waals surface area (Å²) in [6, 6.07) is 0. The van der Waals surface area contributed by atoms with Crippen LogP contribution in [0.2, 0.25) is 0 Å². The Morgan fingerprint density at radius 2 is 1.69 bits per heavy atom. The molecule has 96 valence electrons. The lowest BCUT2D eigenvalue weighted by atomic mass is 9.64. The van der Waals surface area contributed by atoms with Gasteiger partial charge in [-0.3, -0.25) is 0 Å². The van der Waals surface area contributed by atoms with Crippen LogP contribution < -0.4 is 0 Å². The standard InChI is InChI=1S/C16H32/c1-12(2)9-10-16(5,6)15-8-7-13(3)14(4)11-15/h12-15H,7-11H2,1-6H3. The molecule has 0 heterocycles. The van der Waals surface area contributed by atoms with E-state index < -0.39 is 0 Å². The molecule has 0 heteroatoms. The van der Waals surface area contributed by atoms with Gasteiger partial charge < -0.3 is 0 Å². The molecule has 0 N–H and O–H groups in total. The van der Waals surface area contributed by atoms with Crippen LogP contribution in [0.15, 0.2) is 0 Å². The maximum atomic E-state index is 2.50. The molecule has 0 nitrogen and oxygen atoms in total. The van der Waals surface area contributed by atoms with Crippen LogP contribution in [0, 0.1) is 29.1 Å². The molecule has 3 atom stereocenters. The van der Waals surface area contributed by atoms with E-state index in [9.17, 15) is 0 Å². The molecule has 0 amide bonds. The molecule has 0 radical (unpaired) electrons. The van der Waals surface area contributed by atoms with Gasteiger partial charge in [0.2, 0.25) is 0 Å². The van der Waals surface area contributed by atoms with E-state index in [1.165, 1.54) is 32.1 Å². The van der Waals surface area contributed by atoms with Crippen molar-refractivity contribution in [2.45, 2.75) is 73.6 Å². The molecule has 0 aliphatic heterocycles. The topological polar surface area (TPSA) is 0 Å². The Labute approximate surface area is 103 Å². The monoisotopic (exact) mass is 224 g/mol. The number of hydrogen-bond donors (Lipinski definition) is 0. The summed E-state index contributed by atoms with van der Waals surface area (Å²) in [6.07, 6.45) is 7.20. The predicted octanol–water partition coefficient (Wildman–Crippen LogP) is 5.52. The van der Waals surface area contributed by atoms with Crippen LogP contribution >= 0.6 is 0 Å². The van der Waals surface area contributed by atoms with Gasteiger partial charge in [0.1, 0.15) is 0 Å². The maximum Gasteiger partial charge on any atom is -0.0326 e. The average molecular weight is 224 g/mol. The smallest absolute Gasteiger partial charge is 0.0326 e. The van der Waals surface area contributed by atoms with Gasteiger partial charge in [0.25, 0.3) is 0 Å². The molecule has 1 saturated carbocycles. The third-order valence-corrected chi connectivity index (χ3v) is 5.07. The summed E-state index contributed by atoms with van der Waals surface area (Å²) in [5.74, 6) is 3.73. The van der Waals surface area contributed by atoms with Crippen LogP contribution in [0.25, 0.3) is 0 Å². The SMILES string of the molecule is CC(C)CCC(C)(C)C1CCC(C)C(C)C1. The van der Waals surface area contributed by atoms with Crippen molar-refractivity contribution in [1.29, 1.82) is 0 Å². The van der Waals surface area contributed by atoms with Crippen molar-refractivity contribution in [3.8, 4) is 0 Å².